The van der Waals surface area contributed by atoms with Crippen molar-refractivity contribution < 1.29 is 28.8 Å². The third-order valence-electron chi connectivity index (χ3n) is 7.15. The van der Waals surface area contributed by atoms with Crippen LogP contribution in [-0.4, -0.2) is 78.5 Å². The molecule has 4 fully saturated rings. The molecule has 0 aromatic rings. The highest BCUT2D eigenvalue weighted by Gasteiger charge is 2.72. The molecule has 3 aliphatic heterocycles. The van der Waals surface area contributed by atoms with Crippen molar-refractivity contribution >= 4 is 6.09 Å². The average Bonchev–Trinajstić information content (AvgIpc) is 3.54. The molecular weight excluding hydrogens is 374 g/mol. The fraction of sp³-hybridized carbons (Fsp3) is 0.864. The number of aliphatic hydroxyl groups excluding tert-OH is 1. The minimum absolute atomic E-state index is 0.000536. The minimum Gasteiger partial charge on any atom is -0.443 e. The van der Waals surface area contributed by atoms with E-state index in [2.05, 4.69) is 32.9 Å². The van der Waals surface area contributed by atoms with Gasteiger partial charge in [0.05, 0.1) is 25.2 Å². The highest BCUT2D eigenvalue weighted by atomic mass is 16.6. The molecule has 164 valence electrons. The molecule has 29 heavy (non-hydrogen) atoms. The second kappa shape index (κ2) is 7.84. The van der Waals surface area contributed by atoms with Crippen molar-refractivity contribution in [2.24, 2.45) is 11.8 Å². The largest absolute Gasteiger partial charge is 0.443 e. The Kier molecular flexibility index (Phi) is 5.70. The van der Waals surface area contributed by atoms with Gasteiger partial charge in [-0.2, -0.15) is 0 Å². The number of epoxide rings is 2. The maximum absolute atomic E-state index is 12.8. The Bertz CT molecular complexity index is 647. The molecule has 7 nitrogen and oxygen atoms in total. The van der Waals surface area contributed by atoms with Gasteiger partial charge in [0, 0.05) is 13.7 Å². The summed E-state index contributed by atoms with van der Waals surface area (Å²) in [5.41, 5.74) is -0.616. The smallest absolute Gasteiger partial charge is 0.410 e. The van der Waals surface area contributed by atoms with Gasteiger partial charge in [-0.25, -0.2) is 4.79 Å². The molecule has 7 heteroatoms. The van der Waals surface area contributed by atoms with Crippen molar-refractivity contribution in [3.8, 4) is 0 Å². The van der Waals surface area contributed by atoms with Gasteiger partial charge in [0.2, 0.25) is 0 Å². The van der Waals surface area contributed by atoms with Crippen LogP contribution in [0, 0.1) is 11.8 Å². The molecule has 1 spiro atoms. The molecule has 1 saturated carbocycles. The molecule has 1 aliphatic carbocycles. The first-order valence-electron chi connectivity index (χ1n) is 11.0. The van der Waals surface area contributed by atoms with Crippen LogP contribution in [-0.2, 0) is 18.9 Å². The number of rotatable bonds is 6. The Hall–Kier alpha value is -1.15. The van der Waals surface area contributed by atoms with Crippen LogP contribution < -0.4 is 0 Å². The fourth-order valence-electron chi connectivity index (χ4n) is 5.41. The lowest BCUT2D eigenvalue weighted by molar-refractivity contribution is -0.122. The van der Waals surface area contributed by atoms with Crippen LogP contribution in [0.3, 0.4) is 0 Å². The molecule has 0 aromatic heterocycles. The third kappa shape index (κ3) is 3.82. The van der Waals surface area contributed by atoms with E-state index in [1.54, 1.807) is 12.0 Å². The number of ether oxygens (including phenoxy) is 4. The molecule has 1 amide bonds. The summed E-state index contributed by atoms with van der Waals surface area (Å²) in [5, 5.41) is 9.53. The molecule has 0 bridgehead atoms. The lowest BCUT2D eigenvalue weighted by atomic mass is 9.68. The van der Waals surface area contributed by atoms with Crippen molar-refractivity contribution in [3.63, 3.8) is 0 Å². The maximum Gasteiger partial charge on any atom is 0.410 e. The number of hydrogen-bond acceptors (Lipinski definition) is 6. The summed E-state index contributed by atoms with van der Waals surface area (Å²) in [7, 11) is 1.68. The van der Waals surface area contributed by atoms with Crippen molar-refractivity contribution in [1.82, 2.24) is 4.90 Å². The number of carbonyl (C=O) groups is 1. The summed E-state index contributed by atoms with van der Waals surface area (Å²) in [6.45, 7) is 7.73. The van der Waals surface area contributed by atoms with Crippen LogP contribution in [0.5, 0.6) is 0 Å². The summed E-state index contributed by atoms with van der Waals surface area (Å²) in [6.07, 6.45) is 6.61. The van der Waals surface area contributed by atoms with Crippen LogP contribution in [0.4, 0.5) is 4.79 Å². The summed E-state index contributed by atoms with van der Waals surface area (Å²) in [5.74, 6) is 0.466. The van der Waals surface area contributed by atoms with Gasteiger partial charge >= 0.3 is 6.09 Å². The van der Waals surface area contributed by atoms with Crippen molar-refractivity contribution in [2.45, 2.75) is 82.0 Å². The molecule has 0 radical (unpaired) electrons. The molecule has 1 N–H and O–H groups in total. The predicted octanol–water partition coefficient (Wildman–Crippen LogP) is 2.51. The van der Waals surface area contributed by atoms with E-state index in [1.807, 2.05) is 0 Å². The summed E-state index contributed by atoms with van der Waals surface area (Å²) < 4.78 is 24.0. The van der Waals surface area contributed by atoms with E-state index < -0.39 is 0 Å². The Labute approximate surface area is 173 Å². The first-order valence-corrected chi connectivity index (χ1v) is 11.0. The lowest BCUT2D eigenvalue weighted by Crippen LogP contribution is -2.56. The van der Waals surface area contributed by atoms with Crippen molar-refractivity contribution in [1.29, 1.82) is 0 Å². The standard InChI is InChI=1S/C22H35NO6/c1-14(2)7-8-17-21(3,29-17)19-18(26-4)16(9-10-22(19)13-27-22)28-20(25)23-11-5-6-15(23)12-24/h7-8,14-19,24H,5-6,9-13H2,1-4H3/b8-7+/t15?,16-,17-,18-,19?,21+,22+/m1/s1. The van der Waals surface area contributed by atoms with Gasteiger partial charge in [-0.15, -0.1) is 0 Å². The Morgan fingerprint density at radius 1 is 1.38 bits per heavy atom. The molecular formula is C22H35NO6. The fourth-order valence-corrected chi connectivity index (χ4v) is 5.41. The second-order valence-electron chi connectivity index (χ2n) is 9.52. The normalized spacial score (nSPS) is 44.1. The first-order chi connectivity index (χ1) is 13.8. The average molecular weight is 410 g/mol. The Balaban J connectivity index is 1.49. The van der Waals surface area contributed by atoms with E-state index in [0.717, 1.165) is 19.3 Å². The zero-order valence-electron chi connectivity index (χ0n) is 18.0. The van der Waals surface area contributed by atoms with Gasteiger partial charge in [-0.05, 0) is 38.5 Å². The van der Waals surface area contributed by atoms with Gasteiger partial charge in [-0.3, -0.25) is 0 Å². The predicted molar refractivity (Wildman–Crippen MR) is 107 cm³/mol. The summed E-state index contributed by atoms with van der Waals surface area (Å²) in [6, 6.07) is -0.143. The van der Waals surface area contributed by atoms with Gasteiger partial charge in [0.25, 0.3) is 0 Å². The molecule has 2 unspecified atom stereocenters. The van der Waals surface area contributed by atoms with Crippen LogP contribution in [0.25, 0.3) is 0 Å². The van der Waals surface area contributed by atoms with Gasteiger partial charge in [0.15, 0.2) is 0 Å². The molecule has 4 aliphatic rings. The van der Waals surface area contributed by atoms with E-state index >= 15 is 0 Å². The van der Waals surface area contributed by atoms with E-state index in [4.69, 9.17) is 18.9 Å². The molecule has 3 saturated heterocycles. The number of aliphatic hydroxyl groups is 1. The van der Waals surface area contributed by atoms with Crippen LogP contribution >= 0.6 is 0 Å². The van der Waals surface area contributed by atoms with Crippen LogP contribution in [0.2, 0.25) is 0 Å². The van der Waals surface area contributed by atoms with Crippen molar-refractivity contribution in [2.75, 3.05) is 26.9 Å². The molecule has 3 heterocycles. The Morgan fingerprint density at radius 3 is 2.76 bits per heavy atom. The van der Waals surface area contributed by atoms with E-state index in [-0.39, 0.29) is 54.2 Å². The van der Waals surface area contributed by atoms with Gasteiger partial charge in [0.1, 0.15) is 29.5 Å². The lowest BCUT2D eigenvalue weighted by Gasteiger charge is -2.43. The highest BCUT2D eigenvalue weighted by molar-refractivity contribution is 5.68. The number of hydrogen-bond donors (Lipinski definition) is 1. The minimum atomic E-state index is -0.380. The number of nitrogens with zero attached hydrogens (tertiary/aromatic N) is 1. The topological polar surface area (TPSA) is 84.1 Å². The number of carbonyl (C=O) groups excluding carboxylic acids is 1. The van der Waals surface area contributed by atoms with Crippen molar-refractivity contribution in [3.05, 3.63) is 12.2 Å². The van der Waals surface area contributed by atoms with Crippen LogP contribution in [0.1, 0.15) is 46.5 Å². The van der Waals surface area contributed by atoms with E-state index in [1.165, 1.54) is 0 Å². The first kappa shape index (κ1) is 21.1. The van der Waals surface area contributed by atoms with Gasteiger partial charge < -0.3 is 29.0 Å². The zero-order valence-corrected chi connectivity index (χ0v) is 18.0. The van der Waals surface area contributed by atoms with E-state index in [9.17, 15) is 9.90 Å². The number of allylic oxidation sites excluding steroid dienone is 1. The third-order valence-corrected chi connectivity index (χ3v) is 7.15. The number of methoxy groups -OCH3 is 1. The van der Waals surface area contributed by atoms with Gasteiger partial charge in [-0.1, -0.05) is 26.0 Å². The molecule has 7 atom stereocenters. The summed E-state index contributed by atoms with van der Waals surface area (Å²) in [4.78, 5) is 14.5. The molecule has 4 rings (SSSR count). The number of amides is 1. The molecule has 0 aromatic carbocycles. The quantitative estimate of drug-likeness (QED) is 0.536. The van der Waals surface area contributed by atoms with Crippen LogP contribution in [0.15, 0.2) is 12.2 Å². The zero-order chi connectivity index (χ0) is 20.8. The summed E-state index contributed by atoms with van der Waals surface area (Å²) >= 11 is 0. The SMILES string of the molecule is CO[C@H]1C([C@@]2(C)O[C@@H]2/C=C/C(C)C)[C@]2(CC[C@H]1OC(=O)N1CCCC1CO)CO2. The second-order valence-corrected chi connectivity index (χ2v) is 9.52. The number of likely N-dealkylation sites (tertiary alicyclic amines) is 1. The maximum atomic E-state index is 12.8. The highest BCUT2D eigenvalue weighted by Crippen LogP contribution is 2.59. The monoisotopic (exact) mass is 409 g/mol. The Morgan fingerprint density at radius 2 is 2.14 bits per heavy atom. The van der Waals surface area contributed by atoms with E-state index in [0.29, 0.717) is 25.5 Å².